The molecular formula is C15H17N3O2. The van der Waals surface area contributed by atoms with Crippen LogP contribution in [0.3, 0.4) is 0 Å². The normalized spacial score (nSPS) is 14.7. The number of aromatic nitrogens is 2. The van der Waals surface area contributed by atoms with E-state index in [0.29, 0.717) is 12.6 Å². The molecule has 1 aromatic heterocycles. The number of nitrogens with zero attached hydrogens (tertiary/aromatic N) is 3. The third-order valence-corrected chi connectivity index (χ3v) is 3.43. The van der Waals surface area contributed by atoms with Gasteiger partial charge in [0.1, 0.15) is 0 Å². The lowest BCUT2D eigenvalue weighted by molar-refractivity contribution is -0.138. The highest BCUT2D eigenvalue weighted by molar-refractivity contribution is 5.69. The Morgan fingerprint density at radius 3 is 2.70 bits per heavy atom. The van der Waals surface area contributed by atoms with Crippen LogP contribution in [-0.2, 0) is 11.3 Å². The van der Waals surface area contributed by atoms with Crippen molar-refractivity contribution in [2.75, 3.05) is 6.54 Å². The Labute approximate surface area is 117 Å². The van der Waals surface area contributed by atoms with Crippen molar-refractivity contribution in [2.45, 2.75) is 25.4 Å². The molecule has 0 bridgehead atoms. The van der Waals surface area contributed by atoms with Gasteiger partial charge in [-0.1, -0.05) is 18.2 Å². The van der Waals surface area contributed by atoms with Crippen molar-refractivity contribution < 1.29 is 9.90 Å². The van der Waals surface area contributed by atoms with Crippen LogP contribution in [-0.4, -0.2) is 38.3 Å². The largest absolute Gasteiger partial charge is 0.480 e. The van der Waals surface area contributed by atoms with Crippen LogP contribution in [0.25, 0.3) is 5.69 Å². The van der Waals surface area contributed by atoms with Crippen molar-refractivity contribution in [2.24, 2.45) is 0 Å². The van der Waals surface area contributed by atoms with Crippen molar-refractivity contribution >= 4 is 5.97 Å². The van der Waals surface area contributed by atoms with E-state index in [4.69, 9.17) is 5.11 Å². The molecule has 0 amide bonds. The standard InChI is InChI=1S/C15H17N3O2/c19-15(20)11-17(13-6-7-13)10-12-8-9-18(16-12)14-4-2-1-3-5-14/h1-5,8-9,13H,6-7,10-11H2,(H,19,20). The molecule has 0 radical (unpaired) electrons. The Kier molecular flexibility index (Phi) is 3.52. The highest BCUT2D eigenvalue weighted by Gasteiger charge is 2.30. The van der Waals surface area contributed by atoms with Gasteiger partial charge in [0.25, 0.3) is 0 Å². The Bertz CT molecular complexity index is 590. The van der Waals surface area contributed by atoms with Crippen LogP contribution in [0.15, 0.2) is 42.6 Å². The molecule has 1 heterocycles. The molecule has 1 N–H and O–H groups in total. The van der Waals surface area contributed by atoms with E-state index < -0.39 is 5.97 Å². The van der Waals surface area contributed by atoms with E-state index in [0.717, 1.165) is 24.2 Å². The number of hydrogen-bond acceptors (Lipinski definition) is 3. The lowest BCUT2D eigenvalue weighted by Crippen LogP contribution is -2.31. The minimum atomic E-state index is -0.778. The van der Waals surface area contributed by atoms with E-state index >= 15 is 0 Å². The van der Waals surface area contributed by atoms with E-state index in [1.54, 1.807) is 0 Å². The summed E-state index contributed by atoms with van der Waals surface area (Å²) in [6, 6.07) is 12.3. The molecule has 20 heavy (non-hydrogen) atoms. The average molecular weight is 271 g/mol. The number of carboxylic acid groups (broad SMARTS) is 1. The monoisotopic (exact) mass is 271 g/mol. The number of para-hydroxylation sites is 1. The molecule has 3 rings (SSSR count). The first-order valence-corrected chi connectivity index (χ1v) is 6.78. The van der Waals surface area contributed by atoms with E-state index in [1.165, 1.54) is 0 Å². The average Bonchev–Trinajstić information content (AvgIpc) is 3.19. The fraction of sp³-hybridized carbons (Fsp3) is 0.333. The molecule has 0 spiro atoms. The predicted molar refractivity (Wildman–Crippen MR) is 74.6 cm³/mol. The van der Waals surface area contributed by atoms with Crippen molar-refractivity contribution in [3.63, 3.8) is 0 Å². The molecule has 1 aliphatic rings. The van der Waals surface area contributed by atoms with Crippen LogP contribution < -0.4 is 0 Å². The van der Waals surface area contributed by atoms with Gasteiger partial charge in [-0.15, -0.1) is 0 Å². The summed E-state index contributed by atoms with van der Waals surface area (Å²) in [4.78, 5) is 12.9. The summed E-state index contributed by atoms with van der Waals surface area (Å²) in [5.41, 5.74) is 1.91. The van der Waals surface area contributed by atoms with Crippen LogP contribution >= 0.6 is 0 Å². The Balaban J connectivity index is 1.71. The lowest BCUT2D eigenvalue weighted by Gasteiger charge is -2.17. The highest BCUT2D eigenvalue weighted by Crippen LogP contribution is 2.27. The van der Waals surface area contributed by atoms with Gasteiger partial charge in [-0.05, 0) is 31.0 Å². The Morgan fingerprint density at radius 2 is 2.05 bits per heavy atom. The minimum absolute atomic E-state index is 0.0862. The van der Waals surface area contributed by atoms with Crippen molar-refractivity contribution in [1.82, 2.24) is 14.7 Å². The number of rotatable bonds is 6. The summed E-state index contributed by atoms with van der Waals surface area (Å²) in [7, 11) is 0. The first kappa shape index (κ1) is 12.9. The minimum Gasteiger partial charge on any atom is -0.480 e. The maximum atomic E-state index is 10.9. The molecule has 5 heteroatoms. The van der Waals surface area contributed by atoms with Gasteiger partial charge in [-0.3, -0.25) is 9.69 Å². The zero-order chi connectivity index (χ0) is 13.9. The second kappa shape index (κ2) is 5.46. The van der Waals surface area contributed by atoms with Gasteiger partial charge in [0, 0.05) is 18.8 Å². The smallest absolute Gasteiger partial charge is 0.317 e. The van der Waals surface area contributed by atoms with E-state index in [2.05, 4.69) is 5.10 Å². The van der Waals surface area contributed by atoms with E-state index in [1.807, 2.05) is 52.2 Å². The van der Waals surface area contributed by atoms with Crippen LogP contribution in [0.5, 0.6) is 0 Å². The van der Waals surface area contributed by atoms with Gasteiger partial charge in [0.2, 0.25) is 0 Å². The van der Waals surface area contributed by atoms with Crippen molar-refractivity contribution in [3.8, 4) is 5.69 Å². The van der Waals surface area contributed by atoms with Gasteiger partial charge in [-0.2, -0.15) is 5.10 Å². The molecule has 0 unspecified atom stereocenters. The lowest BCUT2D eigenvalue weighted by atomic mass is 10.3. The molecule has 0 saturated heterocycles. The first-order valence-electron chi connectivity index (χ1n) is 6.78. The maximum Gasteiger partial charge on any atom is 0.317 e. The maximum absolute atomic E-state index is 10.9. The van der Waals surface area contributed by atoms with E-state index in [9.17, 15) is 4.79 Å². The number of hydrogen-bond donors (Lipinski definition) is 1. The fourth-order valence-electron chi connectivity index (χ4n) is 2.31. The zero-order valence-electron chi connectivity index (χ0n) is 11.1. The summed E-state index contributed by atoms with van der Waals surface area (Å²) < 4.78 is 1.82. The molecular weight excluding hydrogens is 254 g/mol. The van der Waals surface area contributed by atoms with Gasteiger partial charge in [0.15, 0.2) is 0 Å². The summed E-state index contributed by atoms with van der Waals surface area (Å²) in [6.45, 7) is 0.680. The molecule has 104 valence electrons. The first-order chi connectivity index (χ1) is 9.72. The van der Waals surface area contributed by atoms with Crippen LogP contribution in [0, 0.1) is 0 Å². The molecule has 0 aliphatic heterocycles. The topological polar surface area (TPSA) is 58.4 Å². The van der Waals surface area contributed by atoms with E-state index in [-0.39, 0.29) is 6.54 Å². The summed E-state index contributed by atoms with van der Waals surface area (Å²) in [6.07, 6.45) is 4.09. The molecule has 0 atom stereocenters. The third kappa shape index (κ3) is 3.05. The third-order valence-electron chi connectivity index (χ3n) is 3.43. The molecule has 1 aromatic carbocycles. The highest BCUT2D eigenvalue weighted by atomic mass is 16.4. The zero-order valence-corrected chi connectivity index (χ0v) is 11.1. The molecule has 1 fully saturated rings. The summed E-state index contributed by atoms with van der Waals surface area (Å²) in [5, 5.41) is 13.5. The quantitative estimate of drug-likeness (QED) is 0.872. The van der Waals surface area contributed by atoms with Crippen LogP contribution in [0.4, 0.5) is 0 Å². The van der Waals surface area contributed by atoms with Crippen LogP contribution in [0.1, 0.15) is 18.5 Å². The van der Waals surface area contributed by atoms with Gasteiger partial charge in [0.05, 0.1) is 17.9 Å². The molecule has 1 saturated carbocycles. The Hall–Kier alpha value is -2.14. The second-order valence-electron chi connectivity index (χ2n) is 5.12. The van der Waals surface area contributed by atoms with Gasteiger partial charge in [-0.25, -0.2) is 4.68 Å². The van der Waals surface area contributed by atoms with Gasteiger partial charge < -0.3 is 5.11 Å². The number of carbonyl (C=O) groups is 1. The number of carboxylic acids is 1. The molecule has 2 aromatic rings. The Morgan fingerprint density at radius 1 is 1.30 bits per heavy atom. The summed E-state index contributed by atoms with van der Waals surface area (Å²) >= 11 is 0. The summed E-state index contributed by atoms with van der Waals surface area (Å²) in [5.74, 6) is -0.778. The molecule has 1 aliphatic carbocycles. The van der Waals surface area contributed by atoms with Crippen LogP contribution in [0.2, 0.25) is 0 Å². The molecule has 5 nitrogen and oxygen atoms in total. The van der Waals surface area contributed by atoms with Gasteiger partial charge >= 0.3 is 5.97 Å². The number of aliphatic carboxylic acids is 1. The SMILES string of the molecule is O=C(O)CN(Cc1ccn(-c2ccccc2)n1)C1CC1. The number of benzene rings is 1. The van der Waals surface area contributed by atoms with Crippen molar-refractivity contribution in [1.29, 1.82) is 0 Å². The predicted octanol–water partition coefficient (Wildman–Crippen LogP) is 1.92. The fourth-order valence-corrected chi connectivity index (χ4v) is 2.31. The second-order valence-corrected chi connectivity index (χ2v) is 5.12. The van der Waals surface area contributed by atoms with Crippen molar-refractivity contribution in [3.05, 3.63) is 48.3 Å².